The quantitative estimate of drug-likeness (QED) is 0.154. The van der Waals surface area contributed by atoms with Gasteiger partial charge < -0.3 is 39.6 Å². The van der Waals surface area contributed by atoms with E-state index >= 15 is 0 Å². The van der Waals surface area contributed by atoms with Crippen LogP contribution in [0.3, 0.4) is 0 Å². The summed E-state index contributed by atoms with van der Waals surface area (Å²) in [6.45, 7) is 9.30. The van der Waals surface area contributed by atoms with E-state index < -0.39 is 0 Å². The molecular weight excluding hydrogens is 572 g/mol. The van der Waals surface area contributed by atoms with Crippen LogP contribution in [0.4, 0.5) is 0 Å². The van der Waals surface area contributed by atoms with Crippen LogP contribution in [-0.4, -0.2) is 100 Å². The number of aromatic nitrogens is 6. The van der Waals surface area contributed by atoms with Gasteiger partial charge in [-0.15, -0.1) is 10.2 Å². The average Bonchev–Trinajstić information content (AvgIpc) is 3.77. The first kappa shape index (κ1) is 32.0. The van der Waals surface area contributed by atoms with Crippen molar-refractivity contribution >= 4 is 23.5 Å². The molecule has 0 bridgehead atoms. The first-order chi connectivity index (χ1) is 20.9. The monoisotopic (exact) mass is 612 g/mol. The third-order valence-electron chi connectivity index (χ3n) is 7.55. The van der Waals surface area contributed by atoms with E-state index in [1.807, 2.05) is 4.90 Å². The van der Waals surface area contributed by atoms with Gasteiger partial charge in [-0.25, -0.2) is 0 Å². The summed E-state index contributed by atoms with van der Waals surface area (Å²) in [5, 5.41) is 37.3. The second-order valence-corrected chi connectivity index (χ2v) is 10.8. The number of nitrogens with two attached hydrogens (primary N) is 2. The first-order valence-corrected chi connectivity index (χ1v) is 14.4. The van der Waals surface area contributed by atoms with Crippen LogP contribution >= 0.6 is 0 Å². The maximum absolute atomic E-state index is 12.0. The van der Waals surface area contributed by atoms with Crippen molar-refractivity contribution in [3.05, 3.63) is 35.2 Å². The molecule has 0 aromatic carbocycles. The second kappa shape index (κ2) is 14.0. The molecule has 3 aromatic rings. The van der Waals surface area contributed by atoms with E-state index in [0.717, 1.165) is 51.7 Å². The lowest BCUT2D eigenvalue weighted by molar-refractivity contribution is 0.0867. The maximum Gasteiger partial charge on any atom is 0.296 e. The van der Waals surface area contributed by atoms with Gasteiger partial charge >= 0.3 is 0 Å². The number of guanidine groups is 2. The molecule has 6 heterocycles. The maximum atomic E-state index is 12.0. The molecule has 3 aliphatic heterocycles. The highest BCUT2D eigenvalue weighted by Gasteiger charge is 2.35. The van der Waals surface area contributed by atoms with Crippen LogP contribution in [0.1, 0.15) is 85.1 Å². The lowest BCUT2D eigenvalue weighted by Crippen LogP contribution is -2.54. The number of amidine groups is 1. The highest BCUT2D eigenvalue weighted by Crippen LogP contribution is 2.30. The van der Waals surface area contributed by atoms with Crippen molar-refractivity contribution in [3.63, 3.8) is 0 Å². The molecule has 1 unspecified atom stereocenters. The number of hydrogen-bond acceptors (Lipinski definition) is 13. The zero-order valence-electron chi connectivity index (χ0n) is 25.4. The smallest absolute Gasteiger partial charge is 0.296 e. The molecular formula is C26H40N14O4. The van der Waals surface area contributed by atoms with Gasteiger partial charge in [-0.1, -0.05) is 10.3 Å². The Balaban J connectivity index is 0.000000151. The zero-order valence-corrected chi connectivity index (χ0v) is 25.4. The summed E-state index contributed by atoms with van der Waals surface area (Å²) in [7, 11) is 0. The van der Waals surface area contributed by atoms with Crippen LogP contribution in [0, 0.1) is 37.0 Å². The number of carbonyl (C=O) groups is 1. The lowest BCUT2D eigenvalue weighted by Gasteiger charge is -2.40. The molecule has 0 aliphatic carbocycles. The standard InChI is InChI=1S/C10H14N4O2.2C8H13N5O/c1-6(11)14-5-3-4-8(14)9(15)10-12-7(2)13-16-10;1-5-11-7(14-12-5)4-6-2-3-13(6)8(9)10;1-5-11-12-7(14-5)6-3-2-4-13(6)8(9)10/h8,11H,3-5H2,1-2H3;2*6H,2-4H2,1H3,(H3,9,10)/t;2*6-/m.00/s1. The van der Waals surface area contributed by atoms with E-state index in [-0.39, 0.29) is 41.7 Å². The molecule has 18 nitrogen and oxygen atoms in total. The van der Waals surface area contributed by atoms with E-state index in [9.17, 15) is 4.79 Å². The van der Waals surface area contributed by atoms with Crippen molar-refractivity contribution < 1.29 is 18.3 Å². The summed E-state index contributed by atoms with van der Waals surface area (Å²) in [4.78, 5) is 25.5. The van der Waals surface area contributed by atoms with Crippen molar-refractivity contribution in [1.82, 2.24) is 45.2 Å². The Labute approximate surface area is 254 Å². The van der Waals surface area contributed by atoms with E-state index in [1.54, 1.807) is 37.5 Å². The minimum atomic E-state index is -0.308. The number of nitrogens with zero attached hydrogens (tertiary/aromatic N) is 9. The van der Waals surface area contributed by atoms with Crippen LogP contribution in [0.25, 0.3) is 0 Å². The van der Waals surface area contributed by atoms with Gasteiger partial charge in [-0.05, 0) is 52.9 Å². The average molecular weight is 613 g/mol. The Hall–Kier alpha value is -4.90. The first-order valence-electron chi connectivity index (χ1n) is 14.4. The van der Waals surface area contributed by atoms with E-state index in [0.29, 0.717) is 41.6 Å². The van der Waals surface area contributed by atoms with Gasteiger partial charge in [0.2, 0.25) is 23.5 Å². The molecule has 3 atom stereocenters. The summed E-state index contributed by atoms with van der Waals surface area (Å²) in [5.74, 6) is 3.32. The molecule has 0 radical (unpaired) electrons. The molecule has 0 amide bonds. The predicted octanol–water partition coefficient (Wildman–Crippen LogP) is 1.32. The number of Topliss-reactive ketones (excluding diaryl/α,β-unsaturated/α-hetero) is 1. The largest absolute Gasteiger partial charge is 0.423 e. The number of rotatable bonds is 5. The van der Waals surface area contributed by atoms with Crippen LogP contribution in [-0.2, 0) is 6.42 Å². The predicted molar refractivity (Wildman–Crippen MR) is 156 cm³/mol. The Kier molecular flexibility index (Phi) is 10.2. The third-order valence-corrected chi connectivity index (χ3v) is 7.55. The van der Waals surface area contributed by atoms with Crippen molar-refractivity contribution in [2.75, 3.05) is 19.6 Å². The van der Waals surface area contributed by atoms with Gasteiger partial charge in [-0.3, -0.25) is 21.0 Å². The van der Waals surface area contributed by atoms with Crippen LogP contribution in [0.2, 0.25) is 0 Å². The van der Waals surface area contributed by atoms with Crippen LogP contribution in [0.15, 0.2) is 13.5 Å². The fraction of sp³-hybridized carbons (Fsp3) is 0.615. The summed E-state index contributed by atoms with van der Waals surface area (Å²) >= 11 is 0. The van der Waals surface area contributed by atoms with Gasteiger partial charge in [0.1, 0.15) is 6.04 Å². The SMILES string of the molecule is CC(=N)N1CCCC1C(=O)c1nc(C)no1.Cc1nnc([C@@H]2CCCN2C(=N)N)o1.Cc1noc(C[C@@H]2CCN2C(=N)N)n1. The number of aryl methyl sites for hydroxylation is 3. The summed E-state index contributed by atoms with van der Waals surface area (Å²) in [5.41, 5.74) is 10.8. The lowest BCUT2D eigenvalue weighted by atomic mass is 10.0. The molecule has 18 heteroatoms. The fourth-order valence-electron chi connectivity index (χ4n) is 5.33. The summed E-state index contributed by atoms with van der Waals surface area (Å²) in [6.07, 6.45) is 5.30. The van der Waals surface area contributed by atoms with Gasteiger partial charge in [-0.2, -0.15) is 9.97 Å². The van der Waals surface area contributed by atoms with Crippen molar-refractivity contribution in [2.45, 2.75) is 84.3 Å². The number of ketones is 1. The highest BCUT2D eigenvalue weighted by atomic mass is 16.5. The van der Waals surface area contributed by atoms with Crippen molar-refractivity contribution in [1.29, 1.82) is 16.2 Å². The Bertz CT molecular complexity index is 1460. The summed E-state index contributed by atoms with van der Waals surface area (Å²) < 4.78 is 15.2. The van der Waals surface area contributed by atoms with Gasteiger partial charge in [0, 0.05) is 39.0 Å². The third kappa shape index (κ3) is 7.73. The number of likely N-dealkylation sites (tertiary alicyclic amines) is 3. The topological polar surface area (TPSA) is 267 Å². The molecule has 3 saturated heterocycles. The van der Waals surface area contributed by atoms with E-state index in [4.69, 9.17) is 41.2 Å². The second-order valence-electron chi connectivity index (χ2n) is 10.8. The highest BCUT2D eigenvalue weighted by molar-refractivity contribution is 5.98. The molecule has 3 fully saturated rings. The minimum absolute atomic E-state index is 0.00583. The normalized spacial score (nSPS) is 20.7. The van der Waals surface area contributed by atoms with E-state index in [1.165, 1.54) is 0 Å². The van der Waals surface area contributed by atoms with Crippen molar-refractivity contribution in [2.24, 2.45) is 11.5 Å². The van der Waals surface area contributed by atoms with Gasteiger partial charge in [0.05, 0.1) is 11.9 Å². The van der Waals surface area contributed by atoms with Gasteiger partial charge in [0.25, 0.3) is 5.89 Å². The molecule has 238 valence electrons. The Morgan fingerprint density at radius 3 is 2.05 bits per heavy atom. The molecule has 6 rings (SSSR count). The van der Waals surface area contributed by atoms with Crippen LogP contribution in [0.5, 0.6) is 0 Å². The molecule has 0 saturated carbocycles. The number of nitrogens with one attached hydrogen (secondary N) is 3. The van der Waals surface area contributed by atoms with Crippen LogP contribution < -0.4 is 11.5 Å². The Morgan fingerprint density at radius 1 is 0.864 bits per heavy atom. The molecule has 44 heavy (non-hydrogen) atoms. The fourth-order valence-corrected chi connectivity index (χ4v) is 5.33. The zero-order chi connectivity index (χ0) is 32.0. The number of hydrogen-bond donors (Lipinski definition) is 5. The number of carbonyl (C=O) groups excluding carboxylic acids is 1. The van der Waals surface area contributed by atoms with Crippen molar-refractivity contribution in [3.8, 4) is 0 Å². The molecule has 7 N–H and O–H groups in total. The molecule has 0 spiro atoms. The molecule has 3 aromatic heterocycles. The van der Waals surface area contributed by atoms with Gasteiger partial charge in [0.15, 0.2) is 23.6 Å². The van der Waals surface area contributed by atoms with E-state index in [2.05, 4.69) is 30.5 Å². The molecule has 3 aliphatic rings. The Morgan fingerprint density at radius 2 is 1.52 bits per heavy atom. The minimum Gasteiger partial charge on any atom is -0.423 e. The summed E-state index contributed by atoms with van der Waals surface area (Å²) in [6, 6.07) is -0.0570.